The highest BCUT2D eigenvalue weighted by atomic mass is 15.3. The van der Waals surface area contributed by atoms with Gasteiger partial charge in [0.2, 0.25) is 0 Å². The van der Waals surface area contributed by atoms with Gasteiger partial charge in [0.15, 0.2) is 0 Å². The summed E-state index contributed by atoms with van der Waals surface area (Å²) in [4.78, 5) is 5.02. The topological polar surface area (TPSA) is 42.3 Å². The minimum Gasteiger partial charge on any atom is -0.301 e. The molecule has 0 aromatic heterocycles. The molecule has 1 rings (SSSR count). The van der Waals surface area contributed by atoms with Crippen LogP contribution in [0, 0.1) is 11.3 Å². The van der Waals surface area contributed by atoms with E-state index in [0.29, 0.717) is 0 Å². The van der Waals surface area contributed by atoms with Crippen molar-refractivity contribution in [2.45, 2.75) is 52.1 Å². The van der Waals surface area contributed by atoms with Crippen molar-refractivity contribution in [1.29, 1.82) is 5.26 Å². The van der Waals surface area contributed by atoms with Gasteiger partial charge in [-0.05, 0) is 40.7 Å². The van der Waals surface area contributed by atoms with Crippen LogP contribution in [0.5, 0.6) is 0 Å². The first-order chi connectivity index (χ1) is 8.80. The van der Waals surface area contributed by atoms with E-state index in [0.717, 1.165) is 45.7 Å². The van der Waals surface area contributed by atoms with Crippen molar-refractivity contribution in [3.8, 4) is 6.07 Å². The number of hydrogen-bond acceptors (Lipinski definition) is 4. The molecule has 0 saturated carbocycles. The number of nitriles is 1. The van der Waals surface area contributed by atoms with Gasteiger partial charge in [0, 0.05) is 38.3 Å². The van der Waals surface area contributed by atoms with Crippen LogP contribution in [0.3, 0.4) is 0 Å². The van der Waals surface area contributed by atoms with E-state index >= 15 is 0 Å². The van der Waals surface area contributed by atoms with E-state index in [9.17, 15) is 5.26 Å². The fourth-order valence-corrected chi connectivity index (χ4v) is 2.60. The predicted molar refractivity (Wildman–Crippen MR) is 80.1 cm³/mol. The van der Waals surface area contributed by atoms with Gasteiger partial charge in [0.25, 0.3) is 0 Å². The Balaban J connectivity index is 2.36. The normalized spacial score (nSPS) is 21.9. The molecule has 1 aliphatic heterocycles. The van der Waals surface area contributed by atoms with E-state index < -0.39 is 0 Å². The van der Waals surface area contributed by atoms with Crippen LogP contribution in [0.25, 0.3) is 0 Å². The predicted octanol–water partition coefficient (Wildman–Crippen LogP) is 1.68. The van der Waals surface area contributed by atoms with Crippen molar-refractivity contribution in [1.82, 2.24) is 15.1 Å². The highest BCUT2D eigenvalue weighted by Crippen LogP contribution is 2.17. The molecule has 0 bridgehead atoms. The molecule has 0 radical (unpaired) electrons. The molecule has 1 fully saturated rings. The van der Waals surface area contributed by atoms with E-state index in [4.69, 9.17) is 0 Å². The summed E-state index contributed by atoms with van der Waals surface area (Å²) in [5.41, 5.74) is -0.104. The Hall–Kier alpha value is -0.630. The second-order valence-electron chi connectivity index (χ2n) is 6.72. The zero-order valence-electron chi connectivity index (χ0n) is 13.3. The van der Waals surface area contributed by atoms with Gasteiger partial charge in [0.05, 0.1) is 6.07 Å². The number of rotatable bonds is 5. The van der Waals surface area contributed by atoms with Crippen molar-refractivity contribution in [2.75, 3.05) is 39.3 Å². The molecule has 0 spiro atoms. The van der Waals surface area contributed by atoms with Crippen molar-refractivity contribution in [2.24, 2.45) is 0 Å². The Morgan fingerprint density at radius 1 is 1.11 bits per heavy atom. The van der Waals surface area contributed by atoms with Gasteiger partial charge in [-0.25, -0.2) is 0 Å². The summed E-state index contributed by atoms with van der Waals surface area (Å²) in [6.07, 6.45) is 0.896. The molecule has 110 valence electrons. The quantitative estimate of drug-likeness (QED) is 0.822. The molecule has 1 N–H and O–H groups in total. The third kappa shape index (κ3) is 5.10. The molecular weight excluding hydrogens is 236 g/mol. The summed E-state index contributed by atoms with van der Waals surface area (Å²) in [5, 5.41) is 12.5. The van der Waals surface area contributed by atoms with Crippen LogP contribution in [0.1, 0.15) is 41.0 Å². The summed E-state index contributed by atoms with van der Waals surface area (Å²) < 4.78 is 0. The molecule has 19 heavy (non-hydrogen) atoms. The van der Waals surface area contributed by atoms with Crippen LogP contribution in [0.2, 0.25) is 0 Å². The number of piperazine rings is 1. The molecule has 4 nitrogen and oxygen atoms in total. The zero-order chi connectivity index (χ0) is 14.5. The van der Waals surface area contributed by atoms with Crippen LogP contribution in [0.15, 0.2) is 0 Å². The fourth-order valence-electron chi connectivity index (χ4n) is 2.60. The molecule has 1 aliphatic rings. The van der Waals surface area contributed by atoms with Gasteiger partial charge < -0.3 is 4.90 Å². The standard InChI is InChI=1S/C15H30N4/c1-6-17-15(5,13-16)7-8-18-9-11-19(12-10-18)14(2,3)4/h17H,6-12H2,1-5H3. The van der Waals surface area contributed by atoms with Crippen molar-refractivity contribution in [3.05, 3.63) is 0 Å². The summed E-state index contributed by atoms with van der Waals surface area (Å²) in [5.74, 6) is 0. The maximum absolute atomic E-state index is 9.26. The van der Waals surface area contributed by atoms with Gasteiger partial charge in [-0.15, -0.1) is 0 Å². The van der Waals surface area contributed by atoms with Crippen LogP contribution in [-0.4, -0.2) is 60.1 Å². The zero-order valence-corrected chi connectivity index (χ0v) is 13.3. The Morgan fingerprint density at radius 2 is 1.68 bits per heavy atom. The largest absolute Gasteiger partial charge is 0.301 e. The molecular formula is C15H30N4. The molecule has 0 amide bonds. The van der Waals surface area contributed by atoms with Gasteiger partial charge >= 0.3 is 0 Å². The van der Waals surface area contributed by atoms with Gasteiger partial charge in [-0.3, -0.25) is 10.2 Å². The monoisotopic (exact) mass is 266 g/mol. The second-order valence-corrected chi connectivity index (χ2v) is 6.72. The Bertz CT molecular complexity index is 307. The minimum absolute atomic E-state index is 0.275. The second kappa shape index (κ2) is 6.69. The maximum Gasteiger partial charge on any atom is 0.105 e. The molecule has 1 heterocycles. The summed E-state index contributed by atoms with van der Waals surface area (Å²) in [6, 6.07) is 2.40. The first-order valence-corrected chi connectivity index (χ1v) is 7.44. The van der Waals surface area contributed by atoms with E-state index in [1.807, 2.05) is 6.92 Å². The number of nitrogens with one attached hydrogen (secondary N) is 1. The average molecular weight is 266 g/mol. The summed E-state index contributed by atoms with van der Waals surface area (Å²) >= 11 is 0. The lowest BCUT2D eigenvalue weighted by atomic mass is 9.99. The van der Waals surface area contributed by atoms with Crippen molar-refractivity contribution >= 4 is 0 Å². The van der Waals surface area contributed by atoms with Crippen LogP contribution in [-0.2, 0) is 0 Å². The third-order valence-corrected chi connectivity index (χ3v) is 4.06. The summed E-state index contributed by atoms with van der Waals surface area (Å²) in [7, 11) is 0. The van der Waals surface area contributed by atoms with Crippen LogP contribution in [0.4, 0.5) is 0 Å². The fraction of sp³-hybridized carbons (Fsp3) is 0.933. The van der Waals surface area contributed by atoms with Crippen molar-refractivity contribution < 1.29 is 0 Å². The highest BCUT2D eigenvalue weighted by molar-refractivity contribution is 5.03. The Labute approximate surface area is 118 Å². The lowest BCUT2D eigenvalue weighted by Gasteiger charge is -2.42. The number of nitrogens with zero attached hydrogens (tertiary/aromatic N) is 3. The average Bonchev–Trinajstić information content (AvgIpc) is 2.36. The summed E-state index contributed by atoms with van der Waals surface area (Å²) in [6.45, 7) is 17.2. The first-order valence-electron chi connectivity index (χ1n) is 7.44. The molecule has 4 heteroatoms. The lowest BCUT2D eigenvalue weighted by Crippen LogP contribution is -2.54. The van der Waals surface area contributed by atoms with Gasteiger partial charge in [0.1, 0.15) is 5.54 Å². The maximum atomic E-state index is 9.26. The van der Waals surface area contributed by atoms with Gasteiger partial charge in [-0.1, -0.05) is 6.92 Å². The molecule has 0 aromatic carbocycles. The van der Waals surface area contributed by atoms with Crippen LogP contribution >= 0.6 is 0 Å². The number of hydrogen-bond donors (Lipinski definition) is 1. The molecule has 1 atom stereocenters. The smallest absolute Gasteiger partial charge is 0.105 e. The SMILES string of the molecule is CCNC(C)(C#N)CCN1CCN(C(C)(C)C)CC1. The van der Waals surface area contributed by atoms with E-state index in [1.54, 1.807) is 0 Å². The minimum atomic E-state index is -0.379. The Morgan fingerprint density at radius 3 is 2.11 bits per heavy atom. The molecule has 1 saturated heterocycles. The molecule has 1 unspecified atom stereocenters. The van der Waals surface area contributed by atoms with E-state index in [1.165, 1.54) is 0 Å². The van der Waals surface area contributed by atoms with Gasteiger partial charge in [-0.2, -0.15) is 5.26 Å². The lowest BCUT2D eigenvalue weighted by molar-refractivity contribution is 0.0596. The van der Waals surface area contributed by atoms with E-state index in [-0.39, 0.29) is 11.1 Å². The van der Waals surface area contributed by atoms with Crippen molar-refractivity contribution in [3.63, 3.8) is 0 Å². The first kappa shape index (κ1) is 16.4. The van der Waals surface area contributed by atoms with E-state index in [2.05, 4.69) is 48.9 Å². The highest BCUT2D eigenvalue weighted by Gasteiger charge is 2.28. The molecule has 0 aliphatic carbocycles. The van der Waals surface area contributed by atoms with Crippen LogP contribution < -0.4 is 5.32 Å². The Kier molecular flexibility index (Phi) is 5.79. The third-order valence-electron chi connectivity index (χ3n) is 4.06. The molecule has 0 aromatic rings.